The van der Waals surface area contributed by atoms with E-state index in [0.29, 0.717) is 5.92 Å². The van der Waals surface area contributed by atoms with Crippen molar-refractivity contribution in [3.05, 3.63) is 65.7 Å². The Morgan fingerprint density at radius 2 is 1.90 bits per heavy atom. The molecule has 2 aliphatic carbocycles. The second-order valence-electron chi connectivity index (χ2n) is 8.64. The number of pyridine rings is 1. The zero-order chi connectivity index (χ0) is 19.8. The van der Waals surface area contributed by atoms with Crippen LogP contribution in [0.1, 0.15) is 54.4 Å². The summed E-state index contributed by atoms with van der Waals surface area (Å²) >= 11 is 0. The van der Waals surface area contributed by atoms with Crippen LogP contribution in [0, 0.1) is 5.92 Å². The highest BCUT2D eigenvalue weighted by Crippen LogP contribution is 2.41. The van der Waals surface area contributed by atoms with Crippen LogP contribution in [-0.4, -0.2) is 23.5 Å². The summed E-state index contributed by atoms with van der Waals surface area (Å²) in [6.07, 6.45) is 7.57. The molecular formula is C26H27NO2. The van der Waals surface area contributed by atoms with Gasteiger partial charge in [-0.25, -0.2) is 4.98 Å². The van der Waals surface area contributed by atoms with Crippen molar-refractivity contribution in [3.8, 4) is 11.3 Å². The zero-order valence-electron chi connectivity index (χ0n) is 17.0. The monoisotopic (exact) mass is 385 g/mol. The number of Topliss-reactive ketones (excluding diaryl/α,β-unsaturated/α-hetero) is 1. The van der Waals surface area contributed by atoms with Crippen LogP contribution < -0.4 is 0 Å². The molecule has 3 aromatic rings. The van der Waals surface area contributed by atoms with Crippen LogP contribution >= 0.6 is 0 Å². The van der Waals surface area contributed by atoms with Crippen molar-refractivity contribution < 1.29 is 9.53 Å². The molecule has 0 spiro atoms. The molecule has 2 aliphatic rings. The van der Waals surface area contributed by atoms with Crippen LogP contribution in [0.15, 0.2) is 54.6 Å². The lowest BCUT2D eigenvalue weighted by Crippen LogP contribution is -2.45. The van der Waals surface area contributed by atoms with Crippen LogP contribution in [0.3, 0.4) is 0 Å². The predicted molar refractivity (Wildman–Crippen MR) is 116 cm³/mol. The summed E-state index contributed by atoms with van der Waals surface area (Å²) in [5.74, 6) is 0.779. The molecular weight excluding hydrogens is 358 g/mol. The maximum Gasteiger partial charge on any atom is 0.194 e. The zero-order valence-corrected chi connectivity index (χ0v) is 17.0. The Hall–Kier alpha value is -2.52. The minimum Gasteiger partial charge on any atom is -0.370 e. The van der Waals surface area contributed by atoms with Gasteiger partial charge in [0.2, 0.25) is 0 Å². The molecule has 0 amide bonds. The fourth-order valence-electron chi connectivity index (χ4n) is 5.24. The first-order chi connectivity index (χ1) is 14.2. The fraction of sp³-hybridized carbons (Fsp3) is 0.385. The molecule has 148 valence electrons. The van der Waals surface area contributed by atoms with Gasteiger partial charge in [0, 0.05) is 23.6 Å². The second-order valence-corrected chi connectivity index (χ2v) is 8.64. The van der Waals surface area contributed by atoms with Crippen LogP contribution in [0.4, 0.5) is 0 Å². The number of carbonyl (C=O) groups is 1. The molecule has 5 rings (SSSR count). The Labute approximate surface area is 172 Å². The third-order valence-electron chi connectivity index (χ3n) is 6.94. The van der Waals surface area contributed by atoms with E-state index in [1.54, 1.807) is 7.11 Å². The summed E-state index contributed by atoms with van der Waals surface area (Å²) in [7, 11) is 1.71. The Bertz CT molecular complexity index is 1070. The van der Waals surface area contributed by atoms with Gasteiger partial charge in [0.1, 0.15) is 5.60 Å². The number of rotatable bonds is 4. The van der Waals surface area contributed by atoms with Crippen molar-refractivity contribution in [1.82, 2.24) is 4.98 Å². The molecule has 0 aliphatic heterocycles. The first-order valence-electron chi connectivity index (χ1n) is 10.8. The van der Waals surface area contributed by atoms with Crippen molar-refractivity contribution in [1.29, 1.82) is 0 Å². The number of hydrogen-bond donors (Lipinski definition) is 0. The highest BCUT2D eigenvalue weighted by molar-refractivity contribution is 6.05. The molecule has 0 radical (unpaired) electrons. The van der Waals surface area contributed by atoms with E-state index < -0.39 is 5.60 Å². The summed E-state index contributed by atoms with van der Waals surface area (Å²) < 4.78 is 5.95. The first-order valence-corrected chi connectivity index (χ1v) is 10.8. The van der Waals surface area contributed by atoms with Crippen molar-refractivity contribution >= 4 is 16.7 Å². The van der Waals surface area contributed by atoms with E-state index in [2.05, 4.69) is 24.3 Å². The number of benzene rings is 2. The van der Waals surface area contributed by atoms with Crippen LogP contribution in [0.2, 0.25) is 0 Å². The normalized spacial score (nSPS) is 22.2. The number of para-hydroxylation sites is 1. The van der Waals surface area contributed by atoms with Gasteiger partial charge in [-0.05, 0) is 48.9 Å². The second kappa shape index (κ2) is 7.38. The summed E-state index contributed by atoms with van der Waals surface area (Å²) in [5.41, 5.74) is 4.18. The van der Waals surface area contributed by atoms with Gasteiger partial charge in [-0.1, -0.05) is 62.1 Å². The molecule has 3 heteroatoms. The molecule has 0 bridgehead atoms. The fourth-order valence-corrected chi connectivity index (χ4v) is 5.24. The largest absolute Gasteiger partial charge is 0.370 e. The maximum absolute atomic E-state index is 13.6. The molecule has 3 nitrogen and oxygen atoms in total. The van der Waals surface area contributed by atoms with Crippen molar-refractivity contribution in [2.75, 3.05) is 7.11 Å². The number of aryl methyl sites for hydroxylation is 1. The summed E-state index contributed by atoms with van der Waals surface area (Å²) in [4.78, 5) is 18.4. The Kier molecular flexibility index (Phi) is 4.71. The van der Waals surface area contributed by atoms with Gasteiger partial charge in [0.15, 0.2) is 5.78 Å². The lowest BCUT2D eigenvalue weighted by atomic mass is 9.74. The van der Waals surface area contributed by atoms with Gasteiger partial charge in [-0.3, -0.25) is 4.79 Å². The number of methoxy groups -OCH3 is 1. The molecule has 1 unspecified atom stereocenters. The van der Waals surface area contributed by atoms with E-state index in [-0.39, 0.29) is 5.78 Å². The van der Waals surface area contributed by atoms with E-state index in [1.807, 2.05) is 30.3 Å². The molecule has 2 aromatic carbocycles. The number of fused-ring (bicyclic) bond motifs is 2. The third kappa shape index (κ3) is 3.28. The van der Waals surface area contributed by atoms with Crippen LogP contribution in [-0.2, 0) is 11.2 Å². The quantitative estimate of drug-likeness (QED) is 0.553. The van der Waals surface area contributed by atoms with Gasteiger partial charge in [-0.2, -0.15) is 0 Å². The first kappa shape index (κ1) is 18.5. The average molecular weight is 386 g/mol. The van der Waals surface area contributed by atoms with Crippen LogP contribution in [0.25, 0.3) is 22.2 Å². The molecule has 0 saturated heterocycles. The van der Waals surface area contributed by atoms with Gasteiger partial charge >= 0.3 is 0 Å². The SMILES string of the molecule is COC1(CC2CCCC2)CCc2ccc(-c3ccc4ccccc4n3)cc2C1=O. The minimum atomic E-state index is -0.655. The lowest BCUT2D eigenvalue weighted by Gasteiger charge is -2.37. The van der Waals surface area contributed by atoms with E-state index in [1.165, 1.54) is 25.7 Å². The average Bonchev–Trinajstić information content (AvgIpc) is 3.28. The highest BCUT2D eigenvalue weighted by Gasteiger charge is 2.44. The Morgan fingerprint density at radius 1 is 1.07 bits per heavy atom. The third-order valence-corrected chi connectivity index (χ3v) is 6.94. The van der Waals surface area contributed by atoms with Gasteiger partial charge in [0.25, 0.3) is 0 Å². The highest BCUT2D eigenvalue weighted by atomic mass is 16.5. The van der Waals surface area contributed by atoms with Gasteiger partial charge < -0.3 is 4.74 Å². The molecule has 1 atom stereocenters. The summed E-state index contributed by atoms with van der Waals surface area (Å²) in [5, 5.41) is 1.13. The van der Waals surface area contributed by atoms with Crippen molar-refractivity contribution in [2.45, 2.75) is 50.5 Å². The van der Waals surface area contributed by atoms with Gasteiger partial charge in [0.05, 0.1) is 11.2 Å². The molecule has 1 fully saturated rings. The summed E-state index contributed by atoms with van der Waals surface area (Å²) in [6.45, 7) is 0. The number of hydrogen-bond acceptors (Lipinski definition) is 3. The Morgan fingerprint density at radius 3 is 2.72 bits per heavy atom. The molecule has 1 saturated carbocycles. The molecule has 29 heavy (non-hydrogen) atoms. The topological polar surface area (TPSA) is 39.2 Å². The predicted octanol–water partition coefficient (Wildman–Crippen LogP) is 6.00. The molecule has 0 N–H and O–H groups in total. The number of ketones is 1. The van der Waals surface area contributed by atoms with E-state index in [4.69, 9.17) is 9.72 Å². The smallest absolute Gasteiger partial charge is 0.194 e. The van der Waals surface area contributed by atoms with E-state index in [9.17, 15) is 4.79 Å². The molecule has 1 heterocycles. The minimum absolute atomic E-state index is 0.163. The van der Waals surface area contributed by atoms with Crippen molar-refractivity contribution in [2.24, 2.45) is 5.92 Å². The number of aromatic nitrogens is 1. The number of carbonyl (C=O) groups excluding carboxylic acids is 1. The lowest BCUT2D eigenvalue weighted by molar-refractivity contribution is -0.0196. The standard InChI is InChI=1S/C26H27NO2/c1-29-26(17-18-6-2-3-7-18)15-14-19-10-11-21(16-22(19)25(26)28)24-13-12-20-8-4-5-9-23(20)27-24/h4-5,8-13,16,18H,2-3,6-7,14-15,17H2,1H3. The maximum atomic E-state index is 13.6. The Balaban J connectivity index is 1.51. The van der Waals surface area contributed by atoms with Gasteiger partial charge in [-0.15, -0.1) is 0 Å². The number of ether oxygens (including phenoxy) is 1. The van der Waals surface area contributed by atoms with Crippen LogP contribution in [0.5, 0.6) is 0 Å². The van der Waals surface area contributed by atoms with E-state index in [0.717, 1.165) is 52.5 Å². The van der Waals surface area contributed by atoms with Crippen molar-refractivity contribution in [3.63, 3.8) is 0 Å². The number of nitrogens with zero attached hydrogens (tertiary/aromatic N) is 1. The summed E-state index contributed by atoms with van der Waals surface area (Å²) in [6, 6.07) is 18.5. The molecule has 1 aromatic heterocycles. The van der Waals surface area contributed by atoms with E-state index >= 15 is 0 Å².